The summed E-state index contributed by atoms with van der Waals surface area (Å²) in [6.07, 6.45) is -0.524. The van der Waals surface area contributed by atoms with Gasteiger partial charge in [0.2, 0.25) is 0 Å². The highest BCUT2D eigenvalue weighted by Crippen LogP contribution is 2.28. The highest BCUT2D eigenvalue weighted by Gasteiger charge is 2.36. The Labute approximate surface area is 142 Å². The van der Waals surface area contributed by atoms with Crippen LogP contribution in [-0.4, -0.2) is 39.9 Å². The first-order valence-corrected chi connectivity index (χ1v) is 7.73. The maximum Gasteiger partial charge on any atom is 0.435 e. The number of amides is 1. The van der Waals surface area contributed by atoms with Gasteiger partial charge in [0.15, 0.2) is 5.69 Å². The van der Waals surface area contributed by atoms with Crippen LogP contribution in [0.3, 0.4) is 0 Å². The summed E-state index contributed by atoms with van der Waals surface area (Å²) in [5.41, 5.74) is -0.164. The molecule has 1 aliphatic heterocycles. The molecule has 2 aromatic rings. The van der Waals surface area contributed by atoms with Crippen LogP contribution in [0.1, 0.15) is 21.7 Å². The van der Waals surface area contributed by atoms with Crippen molar-refractivity contribution in [2.24, 2.45) is 13.0 Å². The number of carbonyl (C=O) groups excluding carboxylic acids is 1. The van der Waals surface area contributed by atoms with E-state index in [1.807, 2.05) is 12.1 Å². The van der Waals surface area contributed by atoms with Gasteiger partial charge in [-0.1, -0.05) is 0 Å². The molecular formula is C16H17F3N4O2. The van der Waals surface area contributed by atoms with Crippen molar-refractivity contribution in [1.29, 1.82) is 0 Å². The van der Waals surface area contributed by atoms with Crippen molar-refractivity contribution in [1.82, 2.24) is 20.1 Å². The summed E-state index contributed by atoms with van der Waals surface area (Å²) >= 11 is 0. The third kappa shape index (κ3) is 3.98. The lowest BCUT2D eigenvalue weighted by atomic mass is 9.95. The molecule has 2 atom stereocenters. The number of hydrogen-bond acceptors (Lipinski definition) is 4. The number of rotatable bonds is 4. The first-order valence-electron chi connectivity index (χ1n) is 7.73. The van der Waals surface area contributed by atoms with Gasteiger partial charge in [-0.3, -0.25) is 14.5 Å². The second-order valence-electron chi connectivity index (χ2n) is 5.97. The molecule has 1 aliphatic rings. The Kier molecular flexibility index (Phi) is 4.76. The maximum atomic E-state index is 12.7. The molecular weight excluding hydrogens is 337 g/mol. The van der Waals surface area contributed by atoms with E-state index in [4.69, 9.17) is 4.74 Å². The SMILES string of the molecule is Cn1nc(C(F)(F)F)cc1C(=O)NC1COCC1Cc1ccncc1. The van der Waals surface area contributed by atoms with Crippen molar-refractivity contribution in [3.8, 4) is 0 Å². The number of pyridine rings is 1. The van der Waals surface area contributed by atoms with Crippen molar-refractivity contribution in [3.63, 3.8) is 0 Å². The molecule has 25 heavy (non-hydrogen) atoms. The highest BCUT2D eigenvalue weighted by molar-refractivity contribution is 5.93. The quantitative estimate of drug-likeness (QED) is 0.909. The van der Waals surface area contributed by atoms with Gasteiger partial charge in [0, 0.05) is 31.4 Å². The minimum absolute atomic E-state index is 0.0432. The van der Waals surface area contributed by atoms with Gasteiger partial charge in [0.05, 0.1) is 19.3 Å². The zero-order valence-corrected chi connectivity index (χ0v) is 13.5. The minimum Gasteiger partial charge on any atom is -0.379 e. The smallest absolute Gasteiger partial charge is 0.379 e. The fraction of sp³-hybridized carbons (Fsp3) is 0.438. The van der Waals surface area contributed by atoms with E-state index in [2.05, 4.69) is 15.4 Å². The monoisotopic (exact) mass is 354 g/mol. The molecule has 0 spiro atoms. The van der Waals surface area contributed by atoms with Gasteiger partial charge in [0.1, 0.15) is 5.69 Å². The summed E-state index contributed by atoms with van der Waals surface area (Å²) in [5.74, 6) is -0.553. The number of nitrogens with zero attached hydrogens (tertiary/aromatic N) is 3. The molecule has 1 saturated heterocycles. The number of alkyl halides is 3. The second kappa shape index (κ2) is 6.83. The topological polar surface area (TPSA) is 69.0 Å². The summed E-state index contributed by atoms with van der Waals surface area (Å²) in [4.78, 5) is 16.3. The lowest BCUT2D eigenvalue weighted by Crippen LogP contribution is -2.41. The molecule has 0 saturated carbocycles. The molecule has 1 fully saturated rings. The number of hydrogen-bond donors (Lipinski definition) is 1. The molecule has 2 unspecified atom stereocenters. The molecule has 1 N–H and O–H groups in total. The molecule has 2 aromatic heterocycles. The van der Waals surface area contributed by atoms with Crippen LogP contribution in [0.15, 0.2) is 30.6 Å². The van der Waals surface area contributed by atoms with Crippen molar-refractivity contribution in [3.05, 3.63) is 47.5 Å². The zero-order chi connectivity index (χ0) is 18.0. The minimum atomic E-state index is -4.59. The fourth-order valence-electron chi connectivity index (χ4n) is 2.84. The zero-order valence-electron chi connectivity index (χ0n) is 13.5. The number of aryl methyl sites for hydroxylation is 1. The van der Waals surface area contributed by atoms with Gasteiger partial charge >= 0.3 is 6.18 Å². The van der Waals surface area contributed by atoms with Crippen molar-refractivity contribution >= 4 is 5.91 Å². The van der Waals surface area contributed by atoms with E-state index >= 15 is 0 Å². The average Bonchev–Trinajstić information content (AvgIpc) is 3.15. The Balaban J connectivity index is 1.69. The molecule has 3 heterocycles. The van der Waals surface area contributed by atoms with E-state index < -0.39 is 17.8 Å². The third-order valence-electron chi connectivity index (χ3n) is 4.16. The predicted molar refractivity (Wildman–Crippen MR) is 81.7 cm³/mol. The normalized spacial score (nSPS) is 20.6. The lowest BCUT2D eigenvalue weighted by molar-refractivity contribution is -0.141. The van der Waals surface area contributed by atoms with Gasteiger partial charge in [-0.05, 0) is 24.1 Å². The molecule has 0 bridgehead atoms. The van der Waals surface area contributed by atoms with Crippen LogP contribution in [0.4, 0.5) is 13.2 Å². The van der Waals surface area contributed by atoms with Crippen LogP contribution < -0.4 is 5.32 Å². The van der Waals surface area contributed by atoms with E-state index in [-0.39, 0.29) is 17.7 Å². The molecule has 1 amide bonds. The second-order valence-corrected chi connectivity index (χ2v) is 5.97. The maximum absolute atomic E-state index is 12.7. The number of nitrogens with one attached hydrogen (secondary N) is 1. The van der Waals surface area contributed by atoms with Gasteiger partial charge in [-0.2, -0.15) is 18.3 Å². The van der Waals surface area contributed by atoms with Crippen LogP contribution in [-0.2, 0) is 24.4 Å². The molecule has 0 aliphatic carbocycles. The van der Waals surface area contributed by atoms with Gasteiger partial charge in [0.25, 0.3) is 5.91 Å². The largest absolute Gasteiger partial charge is 0.435 e. The van der Waals surface area contributed by atoms with Crippen molar-refractivity contribution < 1.29 is 22.7 Å². The molecule has 0 aromatic carbocycles. The molecule has 134 valence electrons. The van der Waals surface area contributed by atoms with Crippen LogP contribution in [0.25, 0.3) is 0 Å². The Morgan fingerprint density at radius 1 is 1.36 bits per heavy atom. The van der Waals surface area contributed by atoms with E-state index in [0.29, 0.717) is 19.6 Å². The van der Waals surface area contributed by atoms with E-state index in [0.717, 1.165) is 16.3 Å². The fourth-order valence-corrected chi connectivity index (χ4v) is 2.84. The van der Waals surface area contributed by atoms with Crippen molar-refractivity contribution in [2.45, 2.75) is 18.6 Å². The van der Waals surface area contributed by atoms with Crippen LogP contribution >= 0.6 is 0 Å². The average molecular weight is 354 g/mol. The Morgan fingerprint density at radius 2 is 2.08 bits per heavy atom. The van der Waals surface area contributed by atoms with E-state index in [1.54, 1.807) is 12.4 Å². The first kappa shape index (κ1) is 17.4. The summed E-state index contributed by atoms with van der Waals surface area (Å²) in [5, 5.41) is 6.12. The highest BCUT2D eigenvalue weighted by atomic mass is 19.4. The Morgan fingerprint density at radius 3 is 2.72 bits per heavy atom. The molecule has 0 radical (unpaired) electrons. The lowest BCUT2D eigenvalue weighted by Gasteiger charge is -2.19. The van der Waals surface area contributed by atoms with E-state index in [9.17, 15) is 18.0 Å². The number of halogens is 3. The number of ether oxygens (including phenoxy) is 1. The summed E-state index contributed by atoms with van der Waals surface area (Å²) in [7, 11) is 1.31. The van der Waals surface area contributed by atoms with Gasteiger partial charge in [-0.25, -0.2) is 0 Å². The Bertz CT molecular complexity index is 746. The van der Waals surface area contributed by atoms with Gasteiger partial charge < -0.3 is 10.1 Å². The third-order valence-corrected chi connectivity index (χ3v) is 4.16. The summed E-state index contributed by atoms with van der Waals surface area (Å²) in [6, 6.07) is 4.25. The summed E-state index contributed by atoms with van der Waals surface area (Å²) in [6.45, 7) is 0.803. The van der Waals surface area contributed by atoms with E-state index in [1.165, 1.54) is 7.05 Å². The van der Waals surface area contributed by atoms with Crippen LogP contribution in [0.2, 0.25) is 0 Å². The predicted octanol–water partition coefficient (Wildman–Crippen LogP) is 1.82. The number of aromatic nitrogens is 3. The van der Waals surface area contributed by atoms with Crippen LogP contribution in [0, 0.1) is 5.92 Å². The molecule has 3 rings (SSSR count). The number of carbonyl (C=O) groups is 1. The standard InChI is InChI=1S/C16H17F3N4O2/c1-23-13(7-14(22-23)16(17,18)19)15(24)21-12-9-25-8-11(12)6-10-2-4-20-5-3-10/h2-5,7,11-12H,6,8-9H2,1H3,(H,21,24). The molecule has 6 nitrogen and oxygen atoms in total. The summed E-state index contributed by atoms with van der Waals surface area (Å²) < 4.78 is 44.5. The van der Waals surface area contributed by atoms with Crippen LogP contribution in [0.5, 0.6) is 0 Å². The van der Waals surface area contributed by atoms with Gasteiger partial charge in [-0.15, -0.1) is 0 Å². The Hall–Kier alpha value is -2.42. The molecule has 9 heteroatoms. The first-order chi connectivity index (χ1) is 11.8. The van der Waals surface area contributed by atoms with Crippen molar-refractivity contribution in [2.75, 3.05) is 13.2 Å².